The number of aromatic hydroxyl groups is 1. The van der Waals surface area contributed by atoms with Crippen molar-refractivity contribution in [3.05, 3.63) is 53.6 Å². The summed E-state index contributed by atoms with van der Waals surface area (Å²) in [4.78, 5) is 12.3. The highest BCUT2D eigenvalue weighted by Crippen LogP contribution is 2.29. The van der Waals surface area contributed by atoms with Gasteiger partial charge in [-0.05, 0) is 48.9 Å². The molecule has 0 amide bonds. The Balaban J connectivity index is 2.20. The molecule has 0 aliphatic heterocycles. The summed E-state index contributed by atoms with van der Waals surface area (Å²) in [6.07, 6.45) is 8.33. The number of hydrogen-bond donors (Lipinski definition) is 1. The summed E-state index contributed by atoms with van der Waals surface area (Å²) in [6.45, 7) is 2.50. The van der Waals surface area contributed by atoms with Gasteiger partial charge in [0.1, 0.15) is 6.61 Å². The number of phenols is 1. The first-order valence-electron chi connectivity index (χ1n) is 8.01. The molecule has 0 spiro atoms. The quantitative estimate of drug-likeness (QED) is 0.446. The average Bonchev–Trinajstić information content (AvgIpc) is 2.66. The minimum absolute atomic E-state index is 0.0167. The predicted octanol–water partition coefficient (Wildman–Crippen LogP) is 3.71. The first-order chi connectivity index (χ1) is 12.6. The highest BCUT2D eigenvalue weighted by Gasteiger charge is 2.08. The van der Waals surface area contributed by atoms with Gasteiger partial charge in [-0.15, -0.1) is 6.42 Å². The third-order valence-corrected chi connectivity index (χ3v) is 3.47. The fourth-order valence-corrected chi connectivity index (χ4v) is 2.23. The van der Waals surface area contributed by atoms with Gasteiger partial charge in [0.15, 0.2) is 28.8 Å². The van der Waals surface area contributed by atoms with Crippen molar-refractivity contribution in [2.75, 3.05) is 20.3 Å². The van der Waals surface area contributed by atoms with Gasteiger partial charge in [0.05, 0.1) is 13.7 Å². The number of terminal acetylenes is 1. The number of hydrogen-bond acceptors (Lipinski definition) is 5. The van der Waals surface area contributed by atoms with Crippen molar-refractivity contribution in [3.63, 3.8) is 0 Å². The van der Waals surface area contributed by atoms with Crippen LogP contribution in [0.1, 0.15) is 22.8 Å². The van der Waals surface area contributed by atoms with Crippen molar-refractivity contribution in [3.8, 4) is 35.3 Å². The van der Waals surface area contributed by atoms with Crippen LogP contribution in [0, 0.1) is 12.3 Å². The Kier molecular flexibility index (Phi) is 6.69. The molecule has 1 N–H and O–H groups in total. The topological polar surface area (TPSA) is 65.0 Å². The zero-order valence-electron chi connectivity index (χ0n) is 14.7. The summed E-state index contributed by atoms with van der Waals surface area (Å²) in [5.41, 5.74) is 1.19. The van der Waals surface area contributed by atoms with E-state index in [4.69, 9.17) is 20.6 Å². The Labute approximate surface area is 152 Å². The van der Waals surface area contributed by atoms with Crippen molar-refractivity contribution in [2.24, 2.45) is 0 Å². The second kappa shape index (κ2) is 9.19. The van der Waals surface area contributed by atoms with Crippen LogP contribution in [0.5, 0.6) is 23.0 Å². The second-order valence-electron chi connectivity index (χ2n) is 5.22. The molecule has 0 aliphatic carbocycles. The van der Waals surface area contributed by atoms with Crippen LogP contribution < -0.4 is 14.2 Å². The Bertz CT molecular complexity index is 846. The van der Waals surface area contributed by atoms with Crippen LogP contribution in [0.4, 0.5) is 0 Å². The monoisotopic (exact) mass is 352 g/mol. The standard InChI is InChI=1S/C21H20O5/c1-4-12-26-19-11-7-15(13-21(19)25-5-2)6-9-17(22)16-8-10-18(23)20(14-16)24-3/h1,6-11,13-14,23H,5,12H2,2-3H3/b9-6+. The summed E-state index contributed by atoms with van der Waals surface area (Å²) in [5, 5.41) is 9.60. The molecule has 0 aliphatic rings. The number of carbonyl (C=O) groups excluding carboxylic acids is 1. The van der Waals surface area contributed by atoms with Crippen LogP contribution >= 0.6 is 0 Å². The van der Waals surface area contributed by atoms with E-state index in [-0.39, 0.29) is 23.9 Å². The lowest BCUT2D eigenvalue weighted by Gasteiger charge is -2.11. The van der Waals surface area contributed by atoms with E-state index in [0.717, 1.165) is 5.56 Å². The molecule has 134 valence electrons. The molecule has 5 nitrogen and oxygen atoms in total. The minimum Gasteiger partial charge on any atom is -0.504 e. The van der Waals surface area contributed by atoms with E-state index in [1.165, 1.54) is 31.4 Å². The molecule has 0 heterocycles. The Morgan fingerprint density at radius 1 is 1.15 bits per heavy atom. The zero-order valence-corrected chi connectivity index (χ0v) is 14.7. The molecular weight excluding hydrogens is 332 g/mol. The number of carbonyl (C=O) groups is 1. The van der Waals surface area contributed by atoms with Crippen LogP contribution in [-0.4, -0.2) is 31.2 Å². The summed E-state index contributed by atoms with van der Waals surface area (Å²) >= 11 is 0. The maximum atomic E-state index is 12.3. The molecular formula is C21H20O5. The van der Waals surface area contributed by atoms with E-state index in [1.807, 2.05) is 6.92 Å². The number of benzene rings is 2. The van der Waals surface area contributed by atoms with E-state index in [9.17, 15) is 9.90 Å². The number of allylic oxidation sites excluding steroid dienone is 1. The Hall–Kier alpha value is -3.39. The lowest BCUT2D eigenvalue weighted by molar-refractivity contribution is 0.104. The maximum Gasteiger partial charge on any atom is 0.185 e. The zero-order chi connectivity index (χ0) is 18.9. The summed E-state index contributed by atoms with van der Waals surface area (Å²) in [7, 11) is 1.43. The van der Waals surface area contributed by atoms with E-state index in [2.05, 4.69) is 5.92 Å². The van der Waals surface area contributed by atoms with Crippen molar-refractivity contribution in [2.45, 2.75) is 6.92 Å². The SMILES string of the molecule is C#CCOc1ccc(/C=C/C(=O)c2ccc(O)c(OC)c2)cc1OCC. The Morgan fingerprint density at radius 2 is 1.96 bits per heavy atom. The van der Waals surface area contributed by atoms with Gasteiger partial charge in [-0.2, -0.15) is 0 Å². The number of rotatable bonds is 8. The molecule has 0 atom stereocenters. The fraction of sp³-hybridized carbons (Fsp3) is 0.190. The molecule has 0 bridgehead atoms. The number of methoxy groups -OCH3 is 1. The van der Waals surface area contributed by atoms with E-state index < -0.39 is 0 Å². The number of ketones is 1. The summed E-state index contributed by atoms with van der Waals surface area (Å²) in [5.74, 6) is 3.54. The van der Waals surface area contributed by atoms with Gasteiger partial charge >= 0.3 is 0 Å². The molecule has 0 fully saturated rings. The van der Waals surface area contributed by atoms with Gasteiger partial charge < -0.3 is 19.3 Å². The molecule has 2 aromatic carbocycles. The molecule has 2 aromatic rings. The van der Waals surface area contributed by atoms with Gasteiger partial charge in [-0.25, -0.2) is 0 Å². The summed E-state index contributed by atoms with van der Waals surface area (Å²) < 4.78 is 16.0. The Morgan fingerprint density at radius 3 is 2.65 bits per heavy atom. The van der Waals surface area contributed by atoms with E-state index in [0.29, 0.717) is 23.7 Å². The van der Waals surface area contributed by atoms with Gasteiger partial charge in [-0.1, -0.05) is 18.1 Å². The van der Waals surface area contributed by atoms with Crippen LogP contribution in [-0.2, 0) is 0 Å². The summed E-state index contributed by atoms with van der Waals surface area (Å²) in [6, 6.07) is 9.77. The third kappa shape index (κ3) is 4.81. The normalized spacial score (nSPS) is 10.3. The molecule has 0 radical (unpaired) electrons. The number of ether oxygens (including phenoxy) is 3. The lowest BCUT2D eigenvalue weighted by atomic mass is 10.1. The van der Waals surface area contributed by atoms with Gasteiger partial charge in [-0.3, -0.25) is 4.79 Å². The van der Waals surface area contributed by atoms with Crippen molar-refractivity contribution < 1.29 is 24.1 Å². The van der Waals surface area contributed by atoms with E-state index in [1.54, 1.807) is 24.3 Å². The van der Waals surface area contributed by atoms with Gasteiger partial charge in [0.25, 0.3) is 0 Å². The largest absolute Gasteiger partial charge is 0.504 e. The smallest absolute Gasteiger partial charge is 0.185 e. The van der Waals surface area contributed by atoms with Gasteiger partial charge in [0.2, 0.25) is 0 Å². The fourth-order valence-electron chi connectivity index (χ4n) is 2.23. The molecule has 5 heteroatoms. The van der Waals surface area contributed by atoms with Gasteiger partial charge in [0, 0.05) is 5.56 Å². The van der Waals surface area contributed by atoms with Crippen LogP contribution in [0.15, 0.2) is 42.5 Å². The average molecular weight is 352 g/mol. The predicted molar refractivity (Wildman–Crippen MR) is 100.0 cm³/mol. The molecule has 2 rings (SSSR count). The highest BCUT2D eigenvalue weighted by molar-refractivity contribution is 6.07. The maximum absolute atomic E-state index is 12.3. The second-order valence-corrected chi connectivity index (χ2v) is 5.22. The molecule has 0 aromatic heterocycles. The molecule has 0 unspecified atom stereocenters. The first-order valence-corrected chi connectivity index (χ1v) is 8.01. The first kappa shape index (κ1) is 18.9. The van der Waals surface area contributed by atoms with Crippen molar-refractivity contribution >= 4 is 11.9 Å². The van der Waals surface area contributed by atoms with Crippen molar-refractivity contribution in [1.82, 2.24) is 0 Å². The highest BCUT2D eigenvalue weighted by atomic mass is 16.5. The van der Waals surface area contributed by atoms with Crippen LogP contribution in [0.3, 0.4) is 0 Å². The third-order valence-electron chi connectivity index (χ3n) is 3.47. The number of phenolic OH excluding ortho intramolecular Hbond substituents is 1. The van der Waals surface area contributed by atoms with Crippen molar-refractivity contribution in [1.29, 1.82) is 0 Å². The molecule has 26 heavy (non-hydrogen) atoms. The minimum atomic E-state index is -0.214. The molecule has 0 saturated carbocycles. The van der Waals surface area contributed by atoms with Crippen LogP contribution in [0.2, 0.25) is 0 Å². The lowest BCUT2D eigenvalue weighted by Crippen LogP contribution is -1.99. The molecule has 0 saturated heterocycles. The van der Waals surface area contributed by atoms with Crippen LogP contribution in [0.25, 0.3) is 6.08 Å². The van der Waals surface area contributed by atoms with E-state index >= 15 is 0 Å².